The van der Waals surface area contributed by atoms with E-state index in [0.717, 1.165) is 42.4 Å². The Morgan fingerprint density at radius 3 is 2.76 bits per heavy atom. The molecule has 1 fully saturated rings. The largest absolute Gasteiger partial charge is 0.385 e. The molecular weight excluding hydrogens is 212 g/mol. The number of fused-ring (bicyclic) bond motifs is 1. The van der Waals surface area contributed by atoms with Gasteiger partial charge >= 0.3 is 0 Å². The molecule has 1 saturated heterocycles. The minimum Gasteiger partial charge on any atom is -0.385 e. The molecule has 17 heavy (non-hydrogen) atoms. The number of para-hydroxylation sites is 1. The van der Waals surface area contributed by atoms with Crippen LogP contribution in [0.25, 0.3) is 10.9 Å². The summed E-state index contributed by atoms with van der Waals surface area (Å²) in [5.41, 5.74) is 1.22. The summed E-state index contributed by atoms with van der Waals surface area (Å²) < 4.78 is 0. The van der Waals surface area contributed by atoms with Crippen molar-refractivity contribution >= 4 is 10.9 Å². The lowest BCUT2D eigenvalue weighted by Crippen LogP contribution is -2.39. The van der Waals surface area contributed by atoms with Gasteiger partial charge in [-0.2, -0.15) is 0 Å². The van der Waals surface area contributed by atoms with Crippen LogP contribution in [0.3, 0.4) is 0 Å². The SMILES string of the molecule is OC1(c2cnc3ccccc3c2)CCNCC1. The third-order valence-corrected chi connectivity index (χ3v) is 3.56. The Labute approximate surface area is 100 Å². The Morgan fingerprint density at radius 1 is 1.18 bits per heavy atom. The molecule has 0 spiro atoms. The van der Waals surface area contributed by atoms with Crippen molar-refractivity contribution in [3.05, 3.63) is 42.1 Å². The molecule has 0 amide bonds. The molecule has 1 aliphatic rings. The van der Waals surface area contributed by atoms with Crippen LogP contribution in [0.2, 0.25) is 0 Å². The van der Waals surface area contributed by atoms with E-state index in [1.807, 2.05) is 30.5 Å². The molecule has 1 aliphatic heterocycles. The van der Waals surface area contributed by atoms with Gasteiger partial charge in [-0.15, -0.1) is 0 Å². The van der Waals surface area contributed by atoms with E-state index >= 15 is 0 Å². The first kappa shape index (κ1) is 10.7. The molecule has 88 valence electrons. The van der Waals surface area contributed by atoms with Crippen molar-refractivity contribution < 1.29 is 5.11 Å². The molecule has 2 heterocycles. The summed E-state index contributed by atoms with van der Waals surface area (Å²) in [6.07, 6.45) is 3.33. The highest BCUT2D eigenvalue weighted by Crippen LogP contribution is 2.31. The zero-order valence-corrected chi connectivity index (χ0v) is 9.69. The molecule has 0 radical (unpaired) electrons. The van der Waals surface area contributed by atoms with E-state index in [0.29, 0.717) is 0 Å². The Balaban J connectivity index is 2.05. The predicted molar refractivity (Wildman–Crippen MR) is 67.7 cm³/mol. The molecule has 0 atom stereocenters. The number of benzene rings is 1. The van der Waals surface area contributed by atoms with E-state index in [1.165, 1.54) is 0 Å². The quantitative estimate of drug-likeness (QED) is 0.782. The summed E-state index contributed by atoms with van der Waals surface area (Å²) in [7, 11) is 0. The Bertz CT molecular complexity index is 532. The van der Waals surface area contributed by atoms with E-state index in [2.05, 4.69) is 16.4 Å². The van der Waals surface area contributed by atoms with E-state index in [-0.39, 0.29) is 0 Å². The molecule has 0 saturated carbocycles. The van der Waals surface area contributed by atoms with Gasteiger partial charge in [-0.1, -0.05) is 18.2 Å². The molecule has 0 bridgehead atoms. The van der Waals surface area contributed by atoms with Crippen LogP contribution in [0.1, 0.15) is 18.4 Å². The second-order valence-corrected chi connectivity index (χ2v) is 4.70. The number of aliphatic hydroxyl groups is 1. The lowest BCUT2D eigenvalue weighted by molar-refractivity contribution is 0.00578. The fourth-order valence-corrected chi connectivity index (χ4v) is 2.45. The van der Waals surface area contributed by atoms with Gasteiger partial charge in [0, 0.05) is 17.1 Å². The summed E-state index contributed by atoms with van der Waals surface area (Å²) in [6, 6.07) is 10.1. The number of pyridine rings is 1. The third-order valence-electron chi connectivity index (χ3n) is 3.56. The Morgan fingerprint density at radius 2 is 1.94 bits per heavy atom. The number of aromatic nitrogens is 1. The smallest absolute Gasteiger partial charge is 0.0935 e. The van der Waals surface area contributed by atoms with E-state index in [1.54, 1.807) is 0 Å². The normalized spacial score (nSPS) is 19.4. The number of hydrogen-bond acceptors (Lipinski definition) is 3. The highest BCUT2D eigenvalue weighted by molar-refractivity contribution is 5.78. The molecule has 2 N–H and O–H groups in total. The summed E-state index contributed by atoms with van der Waals surface area (Å²) in [6.45, 7) is 1.73. The second-order valence-electron chi connectivity index (χ2n) is 4.70. The van der Waals surface area contributed by atoms with Gasteiger partial charge in [-0.05, 0) is 38.1 Å². The lowest BCUT2D eigenvalue weighted by atomic mass is 9.85. The van der Waals surface area contributed by atoms with Crippen molar-refractivity contribution in [3.63, 3.8) is 0 Å². The second kappa shape index (κ2) is 4.09. The first-order chi connectivity index (χ1) is 8.28. The van der Waals surface area contributed by atoms with Crippen molar-refractivity contribution in [2.45, 2.75) is 18.4 Å². The monoisotopic (exact) mass is 228 g/mol. The van der Waals surface area contributed by atoms with E-state index in [9.17, 15) is 5.11 Å². The standard InChI is InChI=1S/C14H16N2O/c17-14(5-7-15-8-6-14)12-9-11-3-1-2-4-13(11)16-10-12/h1-4,9-10,15,17H,5-8H2. The first-order valence-corrected chi connectivity index (χ1v) is 6.06. The average molecular weight is 228 g/mol. The maximum absolute atomic E-state index is 10.6. The van der Waals surface area contributed by atoms with Gasteiger partial charge in [0.2, 0.25) is 0 Å². The summed E-state index contributed by atoms with van der Waals surface area (Å²) in [4.78, 5) is 4.42. The van der Waals surface area contributed by atoms with Gasteiger partial charge in [-0.25, -0.2) is 0 Å². The van der Waals surface area contributed by atoms with Gasteiger partial charge in [0.15, 0.2) is 0 Å². The van der Waals surface area contributed by atoms with Gasteiger partial charge in [0.05, 0.1) is 11.1 Å². The van der Waals surface area contributed by atoms with Crippen LogP contribution >= 0.6 is 0 Å². The lowest BCUT2D eigenvalue weighted by Gasteiger charge is -2.32. The minimum atomic E-state index is -0.706. The fourth-order valence-electron chi connectivity index (χ4n) is 2.45. The summed E-state index contributed by atoms with van der Waals surface area (Å²) in [5, 5.41) is 15.0. The van der Waals surface area contributed by atoms with Crippen molar-refractivity contribution in [3.8, 4) is 0 Å². The number of piperidine rings is 1. The zero-order chi connectivity index (χ0) is 11.7. The maximum atomic E-state index is 10.6. The van der Waals surface area contributed by atoms with Gasteiger partial charge in [-0.3, -0.25) is 4.98 Å². The van der Waals surface area contributed by atoms with E-state index in [4.69, 9.17) is 0 Å². The van der Waals surface area contributed by atoms with Crippen molar-refractivity contribution in [2.24, 2.45) is 0 Å². The van der Waals surface area contributed by atoms with Gasteiger partial charge in [0.25, 0.3) is 0 Å². The predicted octanol–water partition coefficient (Wildman–Crippen LogP) is 1.81. The van der Waals surface area contributed by atoms with Gasteiger partial charge < -0.3 is 10.4 Å². The number of rotatable bonds is 1. The van der Waals surface area contributed by atoms with Crippen LogP contribution in [-0.4, -0.2) is 23.2 Å². The van der Waals surface area contributed by atoms with Crippen LogP contribution in [0.15, 0.2) is 36.5 Å². The number of nitrogens with zero attached hydrogens (tertiary/aromatic N) is 1. The Hall–Kier alpha value is -1.45. The molecule has 3 nitrogen and oxygen atoms in total. The highest BCUT2D eigenvalue weighted by Gasteiger charge is 2.31. The van der Waals surface area contributed by atoms with Crippen molar-refractivity contribution in [1.82, 2.24) is 10.3 Å². The van der Waals surface area contributed by atoms with Crippen LogP contribution < -0.4 is 5.32 Å². The first-order valence-electron chi connectivity index (χ1n) is 6.06. The van der Waals surface area contributed by atoms with Crippen LogP contribution in [-0.2, 0) is 5.60 Å². The molecule has 1 aromatic heterocycles. The van der Waals surface area contributed by atoms with Crippen molar-refractivity contribution in [2.75, 3.05) is 13.1 Å². The number of nitrogens with one attached hydrogen (secondary N) is 1. The molecule has 2 aromatic rings. The molecule has 3 heteroatoms. The van der Waals surface area contributed by atoms with Crippen LogP contribution in [0, 0.1) is 0 Å². The Kier molecular flexibility index (Phi) is 2.57. The van der Waals surface area contributed by atoms with Gasteiger partial charge in [0.1, 0.15) is 0 Å². The topological polar surface area (TPSA) is 45.2 Å². The highest BCUT2D eigenvalue weighted by atomic mass is 16.3. The molecular formula is C14H16N2O. The zero-order valence-electron chi connectivity index (χ0n) is 9.69. The molecule has 0 aliphatic carbocycles. The number of hydrogen-bond donors (Lipinski definition) is 2. The van der Waals surface area contributed by atoms with Crippen LogP contribution in [0.5, 0.6) is 0 Å². The van der Waals surface area contributed by atoms with E-state index < -0.39 is 5.60 Å². The molecule has 1 aromatic carbocycles. The summed E-state index contributed by atoms with van der Waals surface area (Å²) >= 11 is 0. The maximum Gasteiger partial charge on any atom is 0.0935 e. The molecule has 3 rings (SSSR count). The van der Waals surface area contributed by atoms with Crippen molar-refractivity contribution in [1.29, 1.82) is 0 Å². The molecule has 0 unspecified atom stereocenters. The van der Waals surface area contributed by atoms with Crippen LogP contribution in [0.4, 0.5) is 0 Å². The third kappa shape index (κ3) is 1.92. The average Bonchev–Trinajstić information content (AvgIpc) is 2.39. The fraction of sp³-hybridized carbons (Fsp3) is 0.357. The minimum absolute atomic E-state index is 0.706. The summed E-state index contributed by atoms with van der Waals surface area (Å²) in [5.74, 6) is 0.